The molecule has 6 nitrogen and oxygen atoms in total. The van der Waals surface area contributed by atoms with Gasteiger partial charge in [0.1, 0.15) is 0 Å². The van der Waals surface area contributed by atoms with Crippen LogP contribution in [0.1, 0.15) is 38.8 Å². The Balaban J connectivity index is 1.59. The Kier molecular flexibility index (Phi) is 4.08. The van der Waals surface area contributed by atoms with E-state index in [1.54, 1.807) is 0 Å². The third-order valence-electron chi connectivity index (χ3n) is 5.93. The molecule has 4 aromatic rings. The summed E-state index contributed by atoms with van der Waals surface area (Å²) in [6.07, 6.45) is 0. The molecule has 2 aliphatic heterocycles. The first kappa shape index (κ1) is 18.7. The van der Waals surface area contributed by atoms with E-state index in [2.05, 4.69) is 49.5 Å². The van der Waals surface area contributed by atoms with Gasteiger partial charge in [-0.1, -0.05) is 42.5 Å². The number of aryl methyl sites for hydroxylation is 2. The average molecular weight is 423 g/mol. The summed E-state index contributed by atoms with van der Waals surface area (Å²) in [6, 6.07) is 21.9. The number of nitrogens with zero attached hydrogens (tertiary/aromatic N) is 2. The monoisotopic (exact) mass is 423 g/mol. The van der Waals surface area contributed by atoms with Gasteiger partial charge in [0, 0.05) is 11.1 Å². The lowest BCUT2D eigenvalue weighted by Gasteiger charge is -2.17. The number of rotatable bonds is 3. The van der Waals surface area contributed by atoms with Crippen LogP contribution in [-0.2, 0) is 0 Å². The molecule has 32 heavy (non-hydrogen) atoms. The number of hydrogen-bond acceptors (Lipinski definition) is 4. The SMILES string of the molecule is Cc1cc(C)cc(-n2nc3c(c2-c2ccccc2)C(c2ccc4c(c2)OCO4)NC3=O)c1. The predicted molar refractivity (Wildman–Crippen MR) is 120 cm³/mol. The fraction of sp³-hybridized carbons (Fsp3) is 0.154. The van der Waals surface area contributed by atoms with E-state index >= 15 is 0 Å². The van der Waals surface area contributed by atoms with E-state index in [1.165, 1.54) is 0 Å². The fourth-order valence-electron chi connectivity index (χ4n) is 4.62. The zero-order chi connectivity index (χ0) is 21.8. The van der Waals surface area contributed by atoms with Gasteiger partial charge in [0.25, 0.3) is 5.91 Å². The van der Waals surface area contributed by atoms with Gasteiger partial charge in [-0.25, -0.2) is 4.68 Å². The van der Waals surface area contributed by atoms with Crippen LogP contribution < -0.4 is 14.8 Å². The Morgan fingerprint density at radius 3 is 2.47 bits per heavy atom. The summed E-state index contributed by atoms with van der Waals surface area (Å²) in [4.78, 5) is 13.0. The van der Waals surface area contributed by atoms with Gasteiger partial charge in [0.2, 0.25) is 6.79 Å². The van der Waals surface area contributed by atoms with Crippen molar-refractivity contribution in [3.63, 3.8) is 0 Å². The Morgan fingerprint density at radius 1 is 0.938 bits per heavy atom. The quantitative estimate of drug-likeness (QED) is 0.518. The summed E-state index contributed by atoms with van der Waals surface area (Å²) in [6.45, 7) is 4.34. The highest BCUT2D eigenvalue weighted by Crippen LogP contribution is 2.42. The number of aromatic nitrogens is 2. The molecule has 158 valence electrons. The lowest BCUT2D eigenvalue weighted by atomic mass is 9.96. The van der Waals surface area contributed by atoms with E-state index in [1.807, 2.05) is 41.1 Å². The molecule has 1 unspecified atom stereocenters. The summed E-state index contributed by atoms with van der Waals surface area (Å²) in [7, 11) is 0. The molecule has 1 N–H and O–H groups in total. The van der Waals surface area contributed by atoms with Crippen LogP contribution in [0.2, 0.25) is 0 Å². The fourth-order valence-corrected chi connectivity index (χ4v) is 4.62. The predicted octanol–water partition coefficient (Wildman–Crippen LogP) is 4.72. The van der Waals surface area contributed by atoms with Crippen molar-refractivity contribution in [2.45, 2.75) is 19.9 Å². The molecular weight excluding hydrogens is 402 g/mol. The van der Waals surface area contributed by atoms with Gasteiger partial charge >= 0.3 is 0 Å². The average Bonchev–Trinajstić information content (AvgIpc) is 3.48. The summed E-state index contributed by atoms with van der Waals surface area (Å²) in [5.41, 5.74) is 7.39. The molecule has 0 bridgehead atoms. The van der Waals surface area contributed by atoms with Crippen LogP contribution in [0.15, 0.2) is 66.7 Å². The van der Waals surface area contributed by atoms with E-state index in [0.717, 1.165) is 39.2 Å². The summed E-state index contributed by atoms with van der Waals surface area (Å²) in [5, 5.41) is 7.90. The first-order valence-electron chi connectivity index (χ1n) is 10.6. The summed E-state index contributed by atoms with van der Waals surface area (Å²) >= 11 is 0. The number of nitrogens with one attached hydrogen (secondary N) is 1. The second-order valence-electron chi connectivity index (χ2n) is 8.25. The van der Waals surface area contributed by atoms with Crippen LogP contribution in [0.4, 0.5) is 0 Å². The largest absolute Gasteiger partial charge is 0.454 e. The number of carbonyl (C=O) groups is 1. The first-order chi connectivity index (χ1) is 15.6. The van der Waals surface area contributed by atoms with Crippen LogP contribution in [-0.4, -0.2) is 22.5 Å². The summed E-state index contributed by atoms with van der Waals surface area (Å²) in [5.74, 6) is 1.23. The van der Waals surface area contributed by atoms with E-state index in [4.69, 9.17) is 14.6 Å². The molecule has 6 heteroatoms. The van der Waals surface area contributed by atoms with E-state index in [9.17, 15) is 4.79 Å². The highest BCUT2D eigenvalue weighted by Gasteiger charge is 2.38. The highest BCUT2D eigenvalue weighted by molar-refractivity contribution is 6.00. The molecule has 0 radical (unpaired) electrons. The number of ether oxygens (including phenoxy) is 2. The molecule has 3 heterocycles. The maximum atomic E-state index is 13.0. The van der Waals surface area contributed by atoms with Crippen LogP contribution in [0, 0.1) is 13.8 Å². The molecule has 0 spiro atoms. The van der Waals surface area contributed by atoms with E-state index in [-0.39, 0.29) is 18.7 Å². The molecule has 2 aliphatic rings. The minimum atomic E-state index is -0.332. The van der Waals surface area contributed by atoms with Crippen molar-refractivity contribution in [1.29, 1.82) is 0 Å². The smallest absolute Gasteiger partial charge is 0.272 e. The van der Waals surface area contributed by atoms with Crippen molar-refractivity contribution < 1.29 is 14.3 Å². The van der Waals surface area contributed by atoms with Gasteiger partial charge in [-0.3, -0.25) is 4.79 Å². The van der Waals surface area contributed by atoms with Gasteiger partial charge in [0.05, 0.1) is 17.4 Å². The topological polar surface area (TPSA) is 65.4 Å². The van der Waals surface area contributed by atoms with Gasteiger partial charge < -0.3 is 14.8 Å². The van der Waals surface area contributed by atoms with Crippen LogP contribution in [0.5, 0.6) is 11.5 Å². The van der Waals surface area contributed by atoms with Crippen molar-refractivity contribution in [1.82, 2.24) is 15.1 Å². The minimum absolute atomic E-state index is 0.178. The number of carbonyl (C=O) groups excluding carboxylic acids is 1. The maximum absolute atomic E-state index is 13.0. The number of hydrogen-bond donors (Lipinski definition) is 1. The zero-order valence-electron chi connectivity index (χ0n) is 17.8. The van der Waals surface area contributed by atoms with Gasteiger partial charge in [-0.2, -0.15) is 5.10 Å². The minimum Gasteiger partial charge on any atom is -0.454 e. The Morgan fingerprint density at radius 2 is 1.69 bits per heavy atom. The Bertz CT molecular complexity index is 1350. The van der Waals surface area contributed by atoms with Gasteiger partial charge in [0.15, 0.2) is 17.2 Å². The number of amides is 1. The molecule has 0 fully saturated rings. The van der Waals surface area contributed by atoms with E-state index < -0.39 is 0 Å². The van der Waals surface area contributed by atoms with Crippen molar-refractivity contribution in [2.75, 3.05) is 6.79 Å². The van der Waals surface area contributed by atoms with Crippen LogP contribution >= 0.6 is 0 Å². The third kappa shape index (κ3) is 2.87. The molecule has 3 aromatic carbocycles. The van der Waals surface area contributed by atoms with E-state index in [0.29, 0.717) is 17.2 Å². The molecular formula is C26H21N3O3. The van der Waals surface area contributed by atoms with Crippen molar-refractivity contribution >= 4 is 5.91 Å². The molecule has 1 aromatic heterocycles. The number of benzene rings is 3. The lowest BCUT2D eigenvalue weighted by Crippen LogP contribution is -2.22. The zero-order valence-corrected chi connectivity index (χ0v) is 17.8. The van der Waals surface area contributed by atoms with Crippen LogP contribution in [0.3, 0.4) is 0 Å². The molecule has 0 saturated heterocycles. The third-order valence-corrected chi connectivity index (χ3v) is 5.93. The second kappa shape index (κ2) is 6.99. The van der Waals surface area contributed by atoms with Gasteiger partial charge in [-0.15, -0.1) is 0 Å². The highest BCUT2D eigenvalue weighted by atomic mass is 16.7. The first-order valence-corrected chi connectivity index (χ1v) is 10.6. The van der Waals surface area contributed by atoms with Crippen molar-refractivity contribution in [3.05, 3.63) is 94.7 Å². The maximum Gasteiger partial charge on any atom is 0.272 e. The van der Waals surface area contributed by atoms with Gasteiger partial charge in [-0.05, 0) is 54.8 Å². The Hall–Kier alpha value is -4.06. The Labute approximate surface area is 185 Å². The molecule has 1 amide bonds. The molecule has 0 aliphatic carbocycles. The standard InChI is InChI=1S/C26H21N3O3/c1-15-10-16(2)12-19(11-15)29-25(17-6-4-3-5-7-17)22-23(27-26(30)24(22)28-29)18-8-9-20-21(13-18)32-14-31-20/h3-13,23H,14H2,1-2H3,(H,27,30). The number of fused-ring (bicyclic) bond motifs is 2. The van der Waals surface area contributed by atoms with Crippen molar-refractivity contribution in [2.24, 2.45) is 0 Å². The van der Waals surface area contributed by atoms with Crippen LogP contribution in [0.25, 0.3) is 16.9 Å². The lowest BCUT2D eigenvalue weighted by molar-refractivity contribution is 0.0955. The molecule has 0 saturated carbocycles. The summed E-state index contributed by atoms with van der Waals surface area (Å²) < 4.78 is 12.9. The second-order valence-corrected chi connectivity index (χ2v) is 8.25. The molecule has 6 rings (SSSR count). The normalized spacial score (nSPS) is 16.2. The van der Waals surface area contributed by atoms with Crippen molar-refractivity contribution in [3.8, 4) is 28.4 Å². The molecule has 1 atom stereocenters.